The first-order chi connectivity index (χ1) is 12.9. The molecular weight excluding hydrogens is 455 g/mol. The number of carbonyl (C=O) groups is 3. The van der Waals surface area contributed by atoms with E-state index in [1.165, 1.54) is 13.0 Å². The number of rotatable bonds is 15. The molecule has 0 amide bonds. The van der Waals surface area contributed by atoms with Gasteiger partial charge in [-0.25, -0.2) is 0 Å². The van der Waals surface area contributed by atoms with Crippen molar-refractivity contribution in [2.75, 3.05) is 13.2 Å². The van der Waals surface area contributed by atoms with Crippen LogP contribution in [0.15, 0.2) is 12.2 Å². The van der Waals surface area contributed by atoms with Crippen LogP contribution in [0.3, 0.4) is 0 Å². The van der Waals surface area contributed by atoms with Crippen LogP contribution in [0.2, 0.25) is 13.3 Å². The van der Waals surface area contributed by atoms with E-state index in [2.05, 4.69) is 25.5 Å². The van der Waals surface area contributed by atoms with Crippen molar-refractivity contribution in [1.82, 2.24) is 0 Å². The molecule has 0 N–H and O–H groups in total. The summed E-state index contributed by atoms with van der Waals surface area (Å²) < 4.78 is 18.8. The summed E-state index contributed by atoms with van der Waals surface area (Å²) in [5.74, 6) is -1.50. The first-order valence-corrected chi connectivity index (χ1v) is 17.3. The third kappa shape index (κ3) is 13.7. The molecule has 0 saturated heterocycles. The number of hydrogen-bond acceptors (Lipinski definition) is 6. The van der Waals surface area contributed by atoms with Gasteiger partial charge in [-0.15, -0.1) is 0 Å². The molecule has 0 bridgehead atoms. The average Bonchev–Trinajstić information content (AvgIpc) is 2.64. The van der Waals surface area contributed by atoms with Gasteiger partial charge in [-0.1, -0.05) is 0 Å². The van der Waals surface area contributed by atoms with Crippen LogP contribution in [0, 0.1) is 0 Å². The Labute approximate surface area is 168 Å². The second-order valence-corrected chi connectivity index (χ2v) is 18.4. The molecule has 0 saturated carbocycles. The molecule has 7 heteroatoms. The Morgan fingerprint density at radius 2 is 1.19 bits per heavy atom. The Balaban J connectivity index is 4.73. The number of ether oxygens (including phenoxy) is 2. The van der Waals surface area contributed by atoms with E-state index < -0.39 is 36.7 Å². The van der Waals surface area contributed by atoms with Crippen molar-refractivity contribution in [1.29, 1.82) is 0 Å². The number of carbonyl (C=O) groups excluding carboxylic acids is 3. The summed E-state index contributed by atoms with van der Waals surface area (Å²) in [6, 6.07) is 0. The quantitative estimate of drug-likeness (QED) is 0.145. The van der Waals surface area contributed by atoms with Crippen molar-refractivity contribution in [3.63, 3.8) is 0 Å². The molecule has 0 heterocycles. The summed E-state index contributed by atoms with van der Waals surface area (Å²) in [5, 5.41) is 0. The van der Waals surface area contributed by atoms with Crippen molar-refractivity contribution in [3.8, 4) is 0 Å². The van der Waals surface area contributed by atoms with E-state index in [1.54, 1.807) is 0 Å². The van der Waals surface area contributed by atoms with Crippen LogP contribution in [-0.4, -0.2) is 49.9 Å². The van der Waals surface area contributed by atoms with Gasteiger partial charge in [0.25, 0.3) is 0 Å². The van der Waals surface area contributed by atoms with Crippen molar-refractivity contribution in [2.24, 2.45) is 0 Å². The molecule has 156 valence electrons. The van der Waals surface area contributed by atoms with Crippen LogP contribution in [0.25, 0.3) is 0 Å². The predicted molar refractivity (Wildman–Crippen MR) is 108 cm³/mol. The van der Waals surface area contributed by atoms with Crippen LogP contribution in [0.4, 0.5) is 0 Å². The fraction of sp³-hybridized carbons (Fsp3) is 0.750. The van der Waals surface area contributed by atoms with Crippen molar-refractivity contribution >= 4 is 36.7 Å². The molecule has 0 aromatic rings. The Hall–Kier alpha value is -1.05. The molecule has 0 fully saturated rings. The summed E-state index contributed by atoms with van der Waals surface area (Å²) >= 11 is -3.01. The first kappa shape index (κ1) is 25.9. The third-order valence-corrected chi connectivity index (χ3v) is 16.9. The summed E-state index contributed by atoms with van der Waals surface area (Å²) in [7, 11) is 0. The van der Waals surface area contributed by atoms with Gasteiger partial charge in [0.15, 0.2) is 0 Å². The molecule has 0 aliphatic rings. The van der Waals surface area contributed by atoms with E-state index in [0.29, 0.717) is 0 Å². The zero-order valence-electron chi connectivity index (χ0n) is 17.4. The molecular formula is C20H36O6Sn. The first-order valence-electron chi connectivity index (χ1n) is 10.1. The maximum atomic E-state index is 12.3. The minimum atomic E-state index is -3.01. The van der Waals surface area contributed by atoms with Gasteiger partial charge < -0.3 is 0 Å². The fourth-order valence-corrected chi connectivity index (χ4v) is 15.8. The second kappa shape index (κ2) is 16.0. The van der Waals surface area contributed by atoms with Gasteiger partial charge in [0.1, 0.15) is 0 Å². The zero-order chi connectivity index (χ0) is 20.5. The molecule has 0 spiro atoms. The molecule has 6 nitrogen and oxygen atoms in total. The van der Waals surface area contributed by atoms with E-state index in [-0.39, 0.29) is 13.2 Å². The summed E-state index contributed by atoms with van der Waals surface area (Å²) in [6.45, 7) is 7.72. The predicted octanol–water partition coefficient (Wildman–Crippen LogP) is 4.54. The standard InChI is InChI=1S/C8H10O6.3C4H9.Sn/c1-6(9)13-4-5-14-8(12)3-2-7(10)11;3*1-3-4-2;/h2-3H,4-5H2,1H3,(H,10,11);3*1,3-4H2,2H3;/q;;;;+1/p-1/b3-2-;;;;. The Bertz CT molecular complexity index is 453. The molecule has 0 aromatic heterocycles. The van der Waals surface area contributed by atoms with Gasteiger partial charge in [0.05, 0.1) is 0 Å². The van der Waals surface area contributed by atoms with Gasteiger partial charge in [0, 0.05) is 0 Å². The van der Waals surface area contributed by atoms with E-state index in [4.69, 9.17) is 7.81 Å². The maximum absolute atomic E-state index is 12.3. The SMILES string of the molecule is CCC[CH2][Sn]([CH2]CCC)([CH2]CCC)[O]C(=O)/C=C\C(=O)OCCOC(C)=O. The van der Waals surface area contributed by atoms with Crippen LogP contribution < -0.4 is 0 Å². The number of hydrogen-bond donors (Lipinski definition) is 0. The summed E-state index contributed by atoms with van der Waals surface area (Å²) in [6.07, 6.45) is 8.84. The molecule has 0 unspecified atom stereocenters. The van der Waals surface area contributed by atoms with Gasteiger partial charge >= 0.3 is 169 Å². The van der Waals surface area contributed by atoms with Crippen molar-refractivity contribution in [3.05, 3.63) is 12.2 Å². The molecule has 0 atom stereocenters. The second-order valence-electron chi connectivity index (χ2n) is 6.76. The molecule has 0 aliphatic carbocycles. The van der Waals surface area contributed by atoms with Crippen LogP contribution >= 0.6 is 0 Å². The zero-order valence-corrected chi connectivity index (χ0v) is 20.2. The van der Waals surface area contributed by atoms with E-state index in [0.717, 1.165) is 57.9 Å². The Kier molecular flexibility index (Phi) is 15.3. The summed E-state index contributed by atoms with van der Waals surface area (Å²) in [5.41, 5.74) is 0. The molecule has 0 aliphatic heterocycles. The topological polar surface area (TPSA) is 78.9 Å². The fourth-order valence-electron chi connectivity index (χ4n) is 2.78. The average molecular weight is 491 g/mol. The van der Waals surface area contributed by atoms with E-state index in [9.17, 15) is 14.4 Å². The minimum absolute atomic E-state index is 0.00395. The van der Waals surface area contributed by atoms with Crippen LogP contribution in [0.1, 0.15) is 66.2 Å². The van der Waals surface area contributed by atoms with E-state index in [1.807, 2.05) is 0 Å². The van der Waals surface area contributed by atoms with E-state index >= 15 is 0 Å². The van der Waals surface area contributed by atoms with Crippen molar-refractivity contribution < 1.29 is 26.9 Å². The van der Waals surface area contributed by atoms with Crippen molar-refractivity contribution in [2.45, 2.75) is 79.5 Å². The molecule has 0 radical (unpaired) electrons. The third-order valence-electron chi connectivity index (χ3n) is 4.26. The molecule has 0 rings (SSSR count). The summed E-state index contributed by atoms with van der Waals surface area (Å²) in [4.78, 5) is 34.6. The molecule has 0 aromatic carbocycles. The van der Waals surface area contributed by atoms with Crippen LogP contribution in [0.5, 0.6) is 0 Å². The Morgan fingerprint density at radius 1 is 0.741 bits per heavy atom. The van der Waals surface area contributed by atoms with Gasteiger partial charge in [-0.3, -0.25) is 0 Å². The normalized spacial score (nSPS) is 11.4. The Morgan fingerprint density at radius 3 is 1.63 bits per heavy atom. The van der Waals surface area contributed by atoms with Gasteiger partial charge in [0.2, 0.25) is 0 Å². The number of esters is 2. The molecule has 27 heavy (non-hydrogen) atoms. The van der Waals surface area contributed by atoms with Gasteiger partial charge in [-0.05, 0) is 0 Å². The number of unbranched alkanes of at least 4 members (excludes halogenated alkanes) is 3. The van der Waals surface area contributed by atoms with Gasteiger partial charge in [-0.2, -0.15) is 0 Å². The monoisotopic (exact) mass is 492 g/mol. The van der Waals surface area contributed by atoms with Crippen LogP contribution in [-0.2, 0) is 26.9 Å².